The number of esters is 1. The number of aromatic nitrogens is 1. The Balaban J connectivity index is 2.03. The number of allylic oxidation sites excluding steroid dienone is 1. The number of methoxy groups -OCH3 is 1. The van der Waals surface area contributed by atoms with E-state index in [0.29, 0.717) is 10.7 Å². The molecule has 3 amide bonds. The Bertz CT molecular complexity index is 1130. The van der Waals surface area contributed by atoms with E-state index in [1.54, 1.807) is 57.3 Å². The van der Waals surface area contributed by atoms with Gasteiger partial charge in [-0.1, -0.05) is 12.7 Å². The van der Waals surface area contributed by atoms with E-state index in [4.69, 9.17) is 4.74 Å². The molecule has 0 spiro atoms. The van der Waals surface area contributed by atoms with Crippen LogP contribution in [-0.2, 0) is 19.1 Å². The smallest absolute Gasteiger partial charge is 0.412 e. The minimum absolute atomic E-state index is 0.0813. The molecule has 0 aliphatic rings. The summed E-state index contributed by atoms with van der Waals surface area (Å²) < 4.78 is 9.69. The minimum atomic E-state index is -0.799. The fraction of sp³-hybridized carbons (Fsp3) is 0.261. The molecule has 0 saturated carbocycles. The molecular formula is C23H26N4O6S. The number of rotatable bonds is 7. The second-order valence-corrected chi connectivity index (χ2v) is 8.68. The van der Waals surface area contributed by atoms with Crippen molar-refractivity contribution in [3.8, 4) is 10.6 Å². The lowest BCUT2D eigenvalue weighted by molar-refractivity contribution is -0.137. The van der Waals surface area contributed by atoms with Gasteiger partial charge in [-0.2, -0.15) is 0 Å². The molecule has 1 aromatic heterocycles. The number of nitrogens with zero attached hydrogens (tertiary/aromatic N) is 1. The van der Waals surface area contributed by atoms with Gasteiger partial charge in [0.1, 0.15) is 27.7 Å². The highest BCUT2D eigenvalue weighted by molar-refractivity contribution is 7.13. The van der Waals surface area contributed by atoms with Crippen molar-refractivity contribution in [1.29, 1.82) is 0 Å². The van der Waals surface area contributed by atoms with E-state index in [2.05, 4.69) is 32.3 Å². The maximum atomic E-state index is 12.6. The van der Waals surface area contributed by atoms with Crippen LogP contribution in [0.5, 0.6) is 0 Å². The van der Waals surface area contributed by atoms with Crippen molar-refractivity contribution in [3.63, 3.8) is 0 Å². The number of carbonyl (C=O) groups is 4. The summed E-state index contributed by atoms with van der Waals surface area (Å²) in [6.07, 6.45) is 0.814. The van der Waals surface area contributed by atoms with E-state index in [9.17, 15) is 19.2 Å². The van der Waals surface area contributed by atoms with Crippen LogP contribution < -0.4 is 16.0 Å². The number of benzene rings is 1. The summed E-state index contributed by atoms with van der Waals surface area (Å²) >= 11 is 1.24. The van der Waals surface area contributed by atoms with Crippen molar-refractivity contribution in [2.45, 2.75) is 33.3 Å². The number of anilines is 1. The lowest BCUT2D eigenvalue weighted by Crippen LogP contribution is -2.36. The van der Waals surface area contributed by atoms with Gasteiger partial charge in [0.05, 0.1) is 7.11 Å². The Hall–Kier alpha value is -3.99. The largest absolute Gasteiger partial charge is 0.464 e. The van der Waals surface area contributed by atoms with Crippen molar-refractivity contribution >= 4 is 40.9 Å². The summed E-state index contributed by atoms with van der Waals surface area (Å²) in [6.45, 7) is 10.3. The Morgan fingerprint density at radius 1 is 1.09 bits per heavy atom. The number of ether oxygens (including phenoxy) is 2. The molecule has 1 heterocycles. The molecule has 0 aliphatic heterocycles. The maximum absolute atomic E-state index is 12.6. The molecule has 2 rings (SSSR count). The van der Waals surface area contributed by atoms with Crippen LogP contribution in [-0.4, -0.2) is 41.6 Å². The zero-order valence-electron chi connectivity index (χ0n) is 19.5. The average molecular weight is 487 g/mol. The van der Waals surface area contributed by atoms with Crippen LogP contribution in [0.15, 0.2) is 53.7 Å². The van der Waals surface area contributed by atoms with E-state index >= 15 is 0 Å². The van der Waals surface area contributed by atoms with Gasteiger partial charge in [0, 0.05) is 16.6 Å². The van der Waals surface area contributed by atoms with E-state index in [1.165, 1.54) is 17.4 Å². The van der Waals surface area contributed by atoms with Crippen LogP contribution >= 0.6 is 11.3 Å². The topological polar surface area (TPSA) is 136 Å². The third-order valence-corrected chi connectivity index (χ3v) is 4.88. The van der Waals surface area contributed by atoms with Gasteiger partial charge >= 0.3 is 12.1 Å². The molecular weight excluding hydrogens is 460 g/mol. The van der Waals surface area contributed by atoms with Gasteiger partial charge in [-0.3, -0.25) is 14.9 Å². The predicted molar refractivity (Wildman–Crippen MR) is 128 cm³/mol. The SMILES string of the molecule is C=C(NC(=O)/C(=C/C)NC(=O)c1csc(-c2ccc(NC(=O)OC(C)(C)C)cc2)n1)C(=O)OC. The normalized spacial score (nSPS) is 11.3. The Morgan fingerprint density at radius 3 is 2.29 bits per heavy atom. The van der Waals surface area contributed by atoms with E-state index in [1.807, 2.05) is 0 Å². The zero-order chi connectivity index (χ0) is 25.5. The number of thiazole rings is 1. The molecule has 0 aliphatic carbocycles. The standard InChI is InChI=1S/C23H26N4O6S/c1-7-16(18(28)24-13(2)21(30)32-6)26-19(29)17-12-34-20(27-17)14-8-10-15(11-9-14)25-22(31)33-23(3,4)5/h7-12H,2H2,1,3-6H3,(H,24,28)(H,25,31)(H,26,29)/b16-7-. The zero-order valence-corrected chi connectivity index (χ0v) is 20.3. The molecule has 0 fully saturated rings. The molecule has 0 atom stereocenters. The third kappa shape index (κ3) is 7.55. The first kappa shape index (κ1) is 26.3. The van der Waals surface area contributed by atoms with Gasteiger partial charge in [0.15, 0.2) is 0 Å². The van der Waals surface area contributed by atoms with Gasteiger partial charge in [-0.05, 0) is 52.0 Å². The van der Waals surface area contributed by atoms with Crippen LogP contribution in [0.25, 0.3) is 10.6 Å². The average Bonchev–Trinajstić information content (AvgIpc) is 3.26. The highest BCUT2D eigenvalue weighted by Gasteiger charge is 2.19. The fourth-order valence-electron chi connectivity index (χ4n) is 2.45. The lowest BCUT2D eigenvalue weighted by Gasteiger charge is -2.19. The molecule has 0 bridgehead atoms. The van der Waals surface area contributed by atoms with E-state index in [0.717, 1.165) is 12.7 Å². The monoisotopic (exact) mass is 486 g/mol. The predicted octanol–water partition coefficient (Wildman–Crippen LogP) is 3.59. The van der Waals surface area contributed by atoms with Crippen LogP contribution in [0.4, 0.5) is 10.5 Å². The Morgan fingerprint density at radius 2 is 1.74 bits per heavy atom. The summed E-state index contributed by atoms with van der Waals surface area (Å²) in [7, 11) is 1.16. The summed E-state index contributed by atoms with van der Waals surface area (Å²) in [6, 6.07) is 6.88. The van der Waals surface area contributed by atoms with Gasteiger partial charge in [0.25, 0.3) is 11.8 Å². The Labute approximate surface area is 201 Å². The van der Waals surface area contributed by atoms with Crippen LogP contribution in [0, 0.1) is 0 Å². The van der Waals surface area contributed by atoms with Crippen molar-refractivity contribution in [3.05, 3.63) is 59.4 Å². The first-order chi connectivity index (χ1) is 15.9. The third-order valence-electron chi connectivity index (χ3n) is 3.99. The van der Waals surface area contributed by atoms with Crippen molar-refractivity contribution in [1.82, 2.24) is 15.6 Å². The van der Waals surface area contributed by atoms with Crippen LogP contribution in [0.1, 0.15) is 38.2 Å². The summed E-state index contributed by atoms with van der Waals surface area (Å²) in [4.78, 5) is 52.4. The highest BCUT2D eigenvalue weighted by Crippen LogP contribution is 2.25. The van der Waals surface area contributed by atoms with Crippen molar-refractivity contribution in [2.75, 3.05) is 12.4 Å². The second-order valence-electron chi connectivity index (χ2n) is 7.82. The number of nitrogens with one attached hydrogen (secondary N) is 3. The molecule has 0 unspecified atom stereocenters. The summed E-state index contributed by atoms with van der Waals surface area (Å²) in [5, 5.41) is 9.47. The summed E-state index contributed by atoms with van der Waals surface area (Å²) in [5.41, 5.74) is 0.436. The van der Waals surface area contributed by atoms with Crippen molar-refractivity contribution < 1.29 is 28.7 Å². The molecule has 180 valence electrons. The minimum Gasteiger partial charge on any atom is -0.464 e. The van der Waals surface area contributed by atoms with Crippen LogP contribution in [0.2, 0.25) is 0 Å². The van der Waals surface area contributed by atoms with Crippen molar-refractivity contribution in [2.24, 2.45) is 0 Å². The first-order valence-corrected chi connectivity index (χ1v) is 10.9. The number of hydrogen-bond acceptors (Lipinski definition) is 8. The lowest BCUT2D eigenvalue weighted by atomic mass is 10.2. The highest BCUT2D eigenvalue weighted by atomic mass is 32.1. The summed E-state index contributed by atoms with van der Waals surface area (Å²) in [5.74, 6) is -2.13. The Kier molecular flexibility index (Phi) is 8.68. The maximum Gasteiger partial charge on any atom is 0.412 e. The van der Waals surface area contributed by atoms with E-state index < -0.39 is 29.5 Å². The van der Waals surface area contributed by atoms with Crippen LogP contribution in [0.3, 0.4) is 0 Å². The second kappa shape index (κ2) is 11.2. The molecule has 10 nitrogen and oxygen atoms in total. The van der Waals surface area contributed by atoms with Gasteiger partial charge in [0.2, 0.25) is 0 Å². The quantitative estimate of drug-likeness (QED) is 0.402. The first-order valence-electron chi connectivity index (χ1n) is 10.1. The van der Waals surface area contributed by atoms with E-state index in [-0.39, 0.29) is 17.1 Å². The van der Waals surface area contributed by atoms with Gasteiger partial charge in [-0.15, -0.1) is 11.3 Å². The molecule has 2 aromatic rings. The number of carbonyl (C=O) groups excluding carboxylic acids is 4. The molecule has 0 saturated heterocycles. The number of amides is 3. The molecule has 0 radical (unpaired) electrons. The molecule has 1 aromatic carbocycles. The fourth-order valence-corrected chi connectivity index (χ4v) is 3.26. The molecule has 3 N–H and O–H groups in total. The molecule has 11 heteroatoms. The molecule has 34 heavy (non-hydrogen) atoms. The van der Waals surface area contributed by atoms with Gasteiger partial charge < -0.3 is 20.1 Å². The number of hydrogen-bond donors (Lipinski definition) is 3. The van der Waals surface area contributed by atoms with Gasteiger partial charge in [-0.25, -0.2) is 14.6 Å².